The molecule has 2 aromatic carbocycles. The molecule has 178 valence electrons. The lowest BCUT2D eigenvalue weighted by Crippen LogP contribution is -2.21. The van der Waals surface area contributed by atoms with Gasteiger partial charge in [-0.2, -0.15) is 15.8 Å². The van der Waals surface area contributed by atoms with Crippen molar-refractivity contribution in [1.29, 1.82) is 15.8 Å². The number of ether oxygens (including phenoxy) is 1. The molecule has 8 heteroatoms. The molecule has 0 aliphatic carbocycles. The fraction of sp³-hybridized carbons (Fsp3) is 0.250. The highest BCUT2D eigenvalue weighted by molar-refractivity contribution is 5.84. The van der Waals surface area contributed by atoms with Crippen LogP contribution in [-0.4, -0.2) is 33.7 Å². The second-order valence-electron chi connectivity index (χ2n) is 8.72. The first kappa shape index (κ1) is 24.3. The zero-order valence-corrected chi connectivity index (χ0v) is 20.6. The molecule has 8 nitrogen and oxygen atoms in total. The van der Waals surface area contributed by atoms with E-state index in [2.05, 4.69) is 47.3 Å². The highest BCUT2D eigenvalue weighted by Crippen LogP contribution is 2.45. The van der Waals surface area contributed by atoms with Gasteiger partial charge in [-0.3, -0.25) is 0 Å². The Hall–Kier alpha value is -4.87. The SMILES string of the molecule is CCN(CC)c1ccc(-c2cn(-c3ccc(C4=C(C#N)C(=C(C#N)C#N)OC4(C)C)cc3)nn2)cc1. The quantitative estimate of drug-likeness (QED) is 0.452. The average Bonchev–Trinajstić information content (AvgIpc) is 3.48. The summed E-state index contributed by atoms with van der Waals surface area (Å²) in [6, 6.07) is 21.5. The number of anilines is 1. The van der Waals surface area contributed by atoms with Gasteiger partial charge in [0.2, 0.25) is 0 Å². The van der Waals surface area contributed by atoms with Gasteiger partial charge in [-0.15, -0.1) is 5.10 Å². The molecule has 4 rings (SSSR count). The summed E-state index contributed by atoms with van der Waals surface area (Å²) in [5, 5.41) is 37.0. The zero-order valence-electron chi connectivity index (χ0n) is 20.6. The standard InChI is InChI=1S/C28H25N7O/c1-5-34(6-2)22-11-7-19(8-12-22)25-18-35(33-32-25)23-13-9-20(10-14-23)26-24(17-31)27(21(15-29)16-30)36-28(26,3)4/h7-14,18H,5-6H2,1-4H3. The molecular weight excluding hydrogens is 450 g/mol. The maximum Gasteiger partial charge on any atom is 0.172 e. The summed E-state index contributed by atoms with van der Waals surface area (Å²) >= 11 is 0. The number of hydrogen-bond donors (Lipinski definition) is 0. The zero-order chi connectivity index (χ0) is 25.9. The van der Waals surface area contributed by atoms with Crippen molar-refractivity contribution in [1.82, 2.24) is 15.0 Å². The van der Waals surface area contributed by atoms with Gasteiger partial charge in [0.15, 0.2) is 11.3 Å². The van der Waals surface area contributed by atoms with Crippen LogP contribution in [0.15, 0.2) is 71.6 Å². The molecule has 0 unspecified atom stereocenters. The number of aromatic nitrogens is 3. The minimum atomic E-state index is -0.876. The van der Waals surface area contributed by atoms with Crippen LogP contribution in [0, 0.1) is 34.0 Å². The average molecular weight is 476 g/mol. The van der Waals surface area contributed by atoms with Gasteiger partial charge >= 0.3 is 0 Å². The summed E-state index contributed by atoms with van der Waals surface area (Å²) in [7, 11) is 0. The van der Waals surface area contributed by atoms with Gasteiger partial charge in [-0.25, -0.2) is 4.68 Å². The van der Waals surface area contributed by atoms with Gasteiger partial charge in [0.1, 0.15) is 35.1 Å². The van der Waals surface area contributed by atoms with Crippen molar-refractivity contribution >= 4 is 11.3 Å². The lowest BCUT2D eigenvalue weighted by molar-refractivity contribution is 0.109. The Kier molecular flexibility index (Phi) is 6.59. The van der Waals surface area contributed by atoms with Gasteiger partial charge in [-0.05, 0) is 57.5 Å². The summed E-state index contributed by atoms with van der Waals surface area (Å²) in [6.07, 6.45) is 1.87. The van der Waals surface area contributed by atoms with E-state index >= 15 is 0 Å². The van der Waals surface area contributed by atoms with Crippen molar-refractivity contribution in [3.63, 3.8) is 0 Å². The highest BCUT2D eigenvalue weighted by atomic mass is 16.5. The Morgan fingerprint density at radius 2 is 1.56 bits per heavy atom. The molecule has 0 saturated carbocycles. The van der Waals surface area contributed by atoms with Crippen LogP contribution in [0.25, 0.3) is 22.5 Å². The monoisotopic (exact) mass is 475 g/mol. The minimum absolute atomic E-state index is 0.0273. The lowest BCUT2D eigenvalue weighted by Gasteiger charge is -2.22. The summed E-state index contributed by atoms with van der Waals surface area (Å²) < 4.78 is 7.57. The third kappa shape index (κ3) is 4.31. The minimum Gasteiger partial charge on any atom is -0.480 e. The first-order valence-electron chi connectivity index (χ1n) is 11.6. The van der Waals surface area contributed by atoms with Crippen LogP contribution >= 0.6 is 0 Å². The van der Waals surface area contributed by atoms with Crippen molar-refractivity contribution < 1.29 is 4.74 Å². The first-order valence-corrected chi connectivity index (χ1v) is 11.6. The highest BCUT2D eigenvalue weighted by Gasteiger charge is 2.40. The van der Waals surface area contributed by atoms with E-state index in [9.17, 15) is 15.8 Å². The topological polar surface area (TPSA) is 115 Å². The summed E-state index contributed by atoms with van der Waals surface area (Å²) in [6.45, 7) is 9.79. The first-order chi connectivity index (χ1) is 17.4. The summed E-state index contributed by atoms with van der Waals surface area (Å²) in [4.78, 5) is 2.28. The number of benzene rings is 2. The molecule has 0 atom stereocenters. The number of rotatable bonds is 6. The largest absolute Gasteiger partial charge is 0.480 e. The Morgan fingerprint density at radius 3 is 2.11 bits per heavy atom. The number of hydrogen-bond acceptors (Lipinski definition) is 7. The molecule has 1 aliphatic heterocycles. The Balaban J connectivity index is 1.64. The second kappa shape index (κ2) is 9.78. The van der Waals surface area contributed by atoms with E-state index < -0.39 is 5.60 Å². The van der Waals surface area contributed by atoms with Crippen molar-refractivity contribution in [2.45, 2.75) is 33.3 Å². The maximum atomic E-state index is 9.79. The molecule has 0 spiro atoms. The fourth-order valence-electron chi connectivity index (χ4n) is 4.41. The van der Waals surface area contributed by atoms with Crippen LogP contribution in [0.5, 0.6) is 0 Å². The van der Waals surface area contributed by atoms with Crippen molar-refractivity contribution in [2.75, 3.05) is 18.0 Å². The molecule has 0 radical (unpaired) electrons. The third-order valence-electron chi connectivity index (χ3n) is 6.20. The van der Waals surface area contributed by atoms with E-state index in [-0.39, 0.29) is 16.9 Å². The number of allylic oxidation sites excluding steroid dienone is 2. The molecule has 0 N–H and O–H groups in total. The van der Waals surface area contributed by atoms with Crippen LogP contribution in [0.3, 0.4) is 0 Å². The Morgan fingerprint density at radius 1 is 0.944 bits per heavy atom. The molecule has 0 bridgehead atoms. The fourth-order valence-corrected chi connectivity index (χ4v) is 4.41. The second-order valence-corrected chi connectivity index (χ2v) is 8.72. The van der Waals surface area contributed by atoms with Crippen LogP contribution < -0.4 is 4.90 Å². The van der Waals surface area contributed by atoms with Crippen molar-refractivity contribution in [2.24, 2.45) is 0 Å². The Labute approximate surface area is 210 Å². The molecular formula is C28H25N7O. The number of nitriles is 3. The predicted molar refractivity (Wildman–Crippen MR) is 136 cm³/mol. The number of nitrogens with zero attached hydrogens (tertiary/aromatic N) is 7. The normalized spacial score (nSPS) is 14.0. The molecule has 36 heavy (non-hydrogen) atoms. The molecule has 1 aromatic heterocycles. The molecule has 0 saturated heterocycles. The Bertz CT molecular complexity index is 1450. The predicted octanol–water partition coefficient (Wildman–Crippen LogP) is 5.17. The van der Waals surface area contributed by atoms with Gasteiger partial charge in [0, 0.05) is 29.9 Å². The summed E-state index contributed by atoms with van der Waals surface area (Å²) in [5.41, 5.74) is 4.21. The molecule has 0 amide bonds. The lowest BCUT2D eigenvalue weighted by atomic mass is 9.89. The van der Waals surface area contributed by atoms with E-state index in [4.69, 9.17) is 4.74 Å². The van der Waals surface area contributed by atoms with E-state index in [1.807, 2.05) is 68.6 Å². The van der Waals surface area contributed by atoms with Gasteiger partial charge in [0.05, 0.1) is 11.9 Å². The molecule has 0 fully saturated rings. The van der Waals surface area contributed by atoms with E-state index in [1.165, 1.54) is 5.69 Å². The van der Waals surface area contributed by atoms with Gasteiger partial charge in [0.25, 0.3) is 0 Å². The van der Waals surface area contributed by atoms with Crippen LogP contribution in [0.2, 0.25) is 0 Å². The molecule has 2 heterocycles. The molecule has 3 aromatic rings. The van der Waals surface area contributed by atoms with Crippen LogP contribution in [0.1, 0.15) is 33.3 Å². The smallest absolute Gasteiger partial charge is 0.172 e. The third-order valence-corrected chi connectivity index (χ3v) is 6.20. The molecule has 1 aliphatic rings. The van der Waals surface area contributed by atoms with Gasteiger partial charge < -0.3 is 9.64 Å². The maximum absolute atomic E-state index is 9.79. The van der Waals surface area contributed by atoms with E-state index in [0.29, 0.717) is 5.57 Å². The van der Waals surface area contributed by atoms with Crippen LogP contribution in [0.4, 0.5) is 5.69 Å². The van der Waals surface area contributed by atoms with E-state index in [0.717, 1.165) is 35.6 Å². The summed E-state index contributed by atoms with van der Waals surface area (Å²) in [5.74, 6) is 0.0273. The van der Waals surface area contributed by atoms with Gasteiger partial charge in [-0.1, -0.05) is 29.5 Å². The van der Waals surface area contributed by atoms with Crippen molar-refractivity contribution in [3.8, 4) is 35.2 Å². The van der Waals surface area contributed by atoms with Crippen LogP contribution in [-0.2, 0) is 4.74 Å². The van der Waals surface area contributed by atoms with E-state index in [1.54, 1.807) is 4.68 Å². The van der Waals surface area contributed by atoms with Crippen molar-refractivity contribution in [3.05, 3.63) is 77.2 Å².